The van der Waals surface area contributed by atoms with Crippen molar-refractivity contribution in [1.82, 2.24) is 19.6 Å². The van der Waals surface area contributed by atoms with Crippen LogP contribution in [-0.2, 0) is 0 Å². The molecule has 3 aromatic heterocycles. The molecule has 1 atom stereocenters. The number of aliphatic hydroxyl groups excluding tert-OH is 1. The van der Waals surface area contributed by atoms with Gasteiger partial charge in [0.15, 0.2) is 10.8 Å². The van der Waals surface area contributed by atoms with Crippen molar-refractivity contribution < 1.29 is 5.11 Å². The SMILES string of the molecule is OC(c1cc2cccnc2cc1Cl)c1c(Cl)nc2cccnn12. The van der Waals surface area contributed by atoms with E-state index in [0.717, 1.165) is 10.9 Å². The molecule has 3 heterocycles. The van der Waals surface area contributed by atoms with E-state index >= 15 is 0 Å². The average molecular weight is 345 g/mol. The van der Waals surface area contributed by atoms with E-state index in [9.17, 15) is 5.11 Å². The Morgan fingerprint density at radius 1 is 1.09 bits per heavy atom. The normalized spacial score (nSPS) is 12.8. The fourth-order valence-electron chi connectivity index (χ4n) is 2.58. The van der Waals surface area contributed by atoms with Gasteiger partial charge in [0, 0.05) is 28.4 Å². The molecule has 0 aliphatic heterocycles. The molecule has 5 nitrogen and oxygen atoms in total. The second-order valence-electron chi connectivity index (χ2n) is 5.05. The minimum absolute atomic E-state index is 0.193. The molecule has 0 aliphatic carbocycles. The van der Waals surface area contributed by atoms with Gasteiger partial charge in [-0.15, -0.1) is 0 Å². The van der Waals surface area contributed by atoms with E-state index in [2.05, 4.69) is 15.1 Å². The zero-order valence-electron chi connectivity index (χ0n) is 11.7. The lowest BCUT2D eigenvalue weighted by Crippen LogP contribution is -2.07. The minimum Gasteiger partial charge on any atom is -0.382 e. The first-order valence-corrected chi connectivity index (χ1v) is 7.62. The minimum atomic E-state index is -1.05. The smallest absolute Gasteiger partial charge is 0.156 e. The summed E-state index contributed by atoms with van der Waals surface area (Å²) in [5.41, 5.74) is 2.23. The Kier molecular flexibility index (Phi) is 3.41. The van der Waals surface area contributed by atoms with Gasteiger partial charge in [0.25, 0.3) is 0 Å². The monoisotopic (exact) mass is 344 g/mol. The number of aromatic nitrogens is 4. The number of hydrogen-bond acceptors (Lipinski definition) is 4. The van der Waals surface area contributed by atoms with Gasteiger partial charge in [-0.2, -0.15) is 5.10 Å². The highest BCUT2D eigenvalue weighted by Crippen LogP contribution is 2.34. The Labute approximate surface area is 141 Å². The van der Waals surface area contributed by atoms with Crippen LogP contribution < -0.4 is 0 Å². The van der Waals surface area contributed by atoms with E-state index < -0.39 is 6.10 Å². The summed E-state index contributed by atoms with van der Waals surface area (Å²) in [6.07, 6.45) is 2.25. The van der Waals surface area contributed by atoms with Gasteiger partial charge in [0.2, 0.25) is 0 Å². The summed E-state index contributed by atoms with van der Waals surface area (Å²) in [5, 5.41) is 16.5. The fraction of sp³-hybridized carbons (Fsp3) is 0.0625. The van der Waals surface area contributed by atoms with E-state index in [1.54, 1.807) is 36.7 Å². The first-order chi connectivity index (χ1) is 11.1. The summed E-state index contributed by atoms with van der Waals surface area (Å²) in [7, 11) is 0. The Morgan fingerprint density at radius 3 is 2.78 bits per heavy atom. The summed E-state index contributed by atoms with van der Waals surface area (Å²) < 4.78 is 1.51. The van der Waals surface area contributed by atoms with Crippen molar-refractivity contribution in [1.29, 1.82) is 0 Å². The zero-order chi connectivity index (χ0) is 16.0. The van der Waals surface area contributed by atoms with Gasteiger partial charge < -0.3 is 5.11 Å². The summed E-state index contributed by atoms with van der Waals surface area (Å²) in [5.74, 6) is 0. The number of aliphatic hydroxyl groups is 1. The molecule has 0 amide bonds. The maximum absolute atomic E-state index is 10.8. The van der Waals surface area contributed by atoms with Gasteiger partial charge in [-0.05, 0) is 30.3 Å². The van der Waals surface area contributed by atoms with Gasteiger partial charge in [-0.3, -0.25) is 4.98 Å². The molecule has 0 aliphatic rings. The molecule has 4 rings (SSSR count). The van der Waals surface area contributed by atoms with Crippen molar-refractivity contribution in [3.8, 4) is 0 Å². The quantitative estimate of drug-likeness (QED) is 0.602. The lowest BCUT2D eigenvalue weighted by molar-refractivity contribution is 0.213. The standard InChI is InChI=1S/C16H10Cl2N4O/c17-11-8-12-9(3-1-5-19-12)7-10(11)15(23)14-16(18)21-13-4-2-6-20-22(13)14/h1-8,15,23H. The van der Waals surface area contributed by atoms with E-state index in [-0.39, 0.29) is 5.15 Å². The summed E-state index contributed by atoms with van der Waals surface area (Å²) in [4.78, 5) is 8.45. The van der Waals surface area contributed by atoms with Crippen LogP contribution in [0.1, 0.15) is 17.4 Å². The molecule has 0 bridgehead atoms. The molecule has 114 valence electrons. The lowest BCUT2D eigenvalue weighted by atomic mass is 10.0. The molecule has 23 heavy (non-hydrogen) atoms. The van der Waals surface area contributed by atoms with Gasteiger partial charge >= 0.3 is 0 Å². The molecule has 0 fully saturated rings. The van der Waals surface area contributed by atoms with Crippen LogP contribution >= 0.6 is 23.2 Å². The Hall–Kier alpha value is -2.21. The molecule has 0 saturated carbocycles. The Morgan fingerprint density at radius 2 is 1.91 bits per heavy atom. The predicted molar refractivity (Wildman–Crippen MR) is 88.8 cm³/mol. The molecule has 0 radical (unpaired) electrons. The summed E-state index contributed by atoms with van der Waals surface area (Å²) in [6.45, 7) is 0. The molecular formula is C16H10Cl2N4O. The topological polar surface area (TPSA) is 63.3 Å². The maximum atomic E-state index is 10.8. The van der Waals surface area contributed by atoms with E-state index in [0.29, 0.717) is 21.9 Å². The van der Waals surface area contributed by atoms with Crippen LogP contribution in [0.5, 0.6) is 0 Å². The number of imidazole rings is 1. The first-order valence-electron chi connectivity index (χ1n) is 6.86. The van der Waals surface area contributed by atoms with Crippen LogP contribution in [0.4, 0.5) is 0 Å². The van der Waals surface area contributed by atoms with Crippen LogP contribution in [-0.4, -0.2) is 24.7 Å². The lowest BCUT2D eigenvalue weighted by Gasteiger charge is -2.13. The third-order valence-electron chi connectivity index (χ3n) is 3.66. The third kappa shape index (κ3) is 2.34. The number of fused-ring (bicyclic) bond motifs is 2. The van der Waals surface area contributed by atoms with Gasteiger partial charge in [-0.25, -0.2) is 9.50 Å². The third-order valence-corrected chi connectivity index (χ3v) is 4.26. The number of benzene rings is 1. The fourth-order valence-corrected chi connectivity index (χ4v) is 3.11. The molecule has 0 spiro atoms. The van der Waals surface area contributed by atoms with E-state index in [1.165, 1.54) is 4.52 Å². The van der Waals surface area contributed by atoms with Gasteiger partial charge in [-0.1, -0.05) is 29.3 Å². The van der Waals surface area contributed by atoms with Crippen LogP contribution in [0.3, 0.4) is 0 Å². The Balaban J connectivity index is 1.92. The number of rotatable bonds is 2. The van der Waals surface area contributed by atoms with Gasteiger partial charge in [0.05, 0.1) is 5.52 Å². The maximum Gasteiger partial charge on any atom is 0.156 e. The highest BCUT2D eigenvalue weighted by Gasteiger charge is 2.23. The molecular weight excluding hydrogens is 335 g/mol. The molecule has 1 N–H and O–H groups in total. The molecule has 1 unspecified atom stereocenters. The largest absolute Gasteiger partial charge is 0.382 e. The van der Waals surface area contributed by atoms with Crippen molar-refractivity contribution in [3.63, 3.8) is 0 Å². The highest BCUT2D eigenvalue weighted by atomic mass is 35.5. The highest BCUT2D eigenvalue weighted by molar-refractivity contribution is 6.32. The second-order valence-corrected chi connectivity index (χ2v) is 5.82. The number of halogens is 2. The number of pyridine rings is 1. The van der Waals surface area contributed by atoms with E-state index in [4.69, 9.17) is 23.2 Å². The molecule has 1 aromatic carbocycles. The summed E-state index contributed by atoms with van der Waals surface area (Å²) in [6, 6.07) is 10.8. The van der Waals surface area contributed by atoms with Crippen molar-refractivity contribution in [3.05, 3.63) is 70.2 Å². The van der Waals surface area contributed by atoms with Crippen molar-refractivity contribution >= 4 is 39.8 Å². The van der Waals surface area contributed by atoms with Crippen LogP contribution in [0.2, 0.25) is 10.2 Å². The number of hydrogen-bond donors (Lipinski definition) is 1. The van der Waals surface area contributed by atoms with Crippen molar-refractivity contribution in [2.75, 3.05) is 0 Å². The summed E-state index contributed by atoms with van der Waals surface area (Å²) >= 11 is 12.5. The van der Waals surface area contributed by atoms with Crippen molar-refractivity contribution in [2.24, 2.45) is 0 Å². The molecule has 4 aromatic rings. The average Bonchev–Trinajstić information content (AvgIpc) is 2.89. The van der Waals surface area contributed by atoms with Crippen LogP contribution in [0.15, 0.2) is 48.8 Å². The first kappa shape index (κ1) is 14.4. The molecule has 0 saturated heterocycles. The van der Waals surface area contributed by atoms with Crippen LogP contribution in [0.25, 0.3) is 16.6 Å². The predicted octanol–water partition coefficient (Wildman–Crippen LogP) is 3.67. The number of nitrogens with zero attached hydrogens (tertiary/aromatic N) is 4. The van der Waals surface area contributed by atoms with E-state index in [1.807, 2.05) is 12.1 Å². The Bertz CT molecular complexity index is 1030. The van der Waals surface area contributed by atoms with Crippen LogP contribution in [0, 0.1) is 0 Å². The molecule has 7 heteroatoms. The zero-order valence-corrected chi connectivity index (χ0v) is 13.2. The van der Waals surface area contributed by atoms with Gasteiger partial charge in [0.1, 0.15) is 11.8 Å². The second kappa shape index (κ2) is 5.45. The van der Waals surface area contributed by atoms with Crippen molar-refractivity contribution in [2.45, 2.75) is 6.10 Å².